The van der Waals surface area contributed by atoms with E-state index in [-0.39, 0.29) is 29.9 Å². The van der Waals surface area contributed by atoms with E-state index in [0.717, 1.165) is 32.0 Å². The third kappa shape index (κ3) is 7.72. The van der Waals surface area contributed by atoms with Gasteiger partial charge in [-0.1, -0.05) is 37.6 Å². The number of benzene rings is 1. The number of halogens is 1. The number of nitrogens with zero attached hydrogens (tertiary/aromatic N) is 3. The highest BCUT2D eigenvalue weighted by Gasteiger charge is 2.21. The Bertz CT molecular complexity index is 688. The van der Waals surface area contributed by atoms with Crippen LogP contribution in [0.25, 0.3) is 0 Å². The van der Waals surface area contributed by atoms with Crippen molar-refractivity contribution in [3.8, 4) is 0 Å². The molecule has 3 rings (SSSR count). The SMILES string of the molecule is CCCCN1CCC(NC(=NC)NCc2cccc(CN3CCCC3=O)c2)CC1.I. The van der Waals surface area contributed by atoms with Gasteiger partial charge in [-0.25, -0.2) is 0 Å². The van der Waals surface area contributed by atoms with Crippen molar-refractivity contribution in [2.75, 3.05) is 33.2 Å². The van der Waals surface area contributed by atoms with E-state index in [4.69, 9.17) is 0 Å². The van der Waals surface area contributed by atoms with Crippen LogP contribution in [0.2, 0.25) is 0 Å². The first-order chi connectivity index (χ1) is 14.2. The molecule has 7 heteroatoms. The summed E-state index contributed by atoms with van der Waals surface area (Å²) < 4.78 is 0. The molecule has 1 aromatic rings. The molecule has 2 aliphatic rings. The number of guanidine groups is 1. The van der Waals surface area contributed by atoms with Crippen LogP contribution in [-0.2, 0) is 17.9 Å². The highest BCUT2D eigenvalue weighted by atomic mass is 127. The monoisotopic (exact) mass is 527 g/mol. The summed E-state index contributed by atoms with van der Waals surface area (Å²) in [6.45, 7) is 8.17. The van der Waals surface area contributed by atoms with Gasteiger partial charge in [0.25, 0.3) is 0 Å². The van der Waals surface area contributed by atoms with Gasteiger partial charge in [-0.2, -0.15) is 0 Å². The van der Waals surface area contributed by atoms with Crippen molar-refractivity contribution in [3.05, 3.63) is 35.4 Å². The number of rotatable bonds is 8. The number of aliphatic imine (C=N–C) groups is 1. The van der Waals surface area contributed by atoms with Gasteiger partial charge in [-0.15, -0.1) is 24.0 Å². The van der Waals surface area contributed by atoms with E-state index in [0.29, 0.717) is 12.5 Å². The van der Waals surface area contributed by atoms with Gasteiger partial charge in [-0.3, -0.25) is 9.79 Å². The Kier molecular flexibility index (Phi) is 10.9. The van der Waals surface area contributed by atoms with Gasteiger partial charge in [-0.05, 0) is 43.4 Å². The Morgan fingerprint density at radius 2 is 1.97 bits per heavy atom. The van der Waals surface area contributed by atoms with Crippen molar-refractivity contribution in [1.82, 2.24) is 20.4 Å². The predicted molar refractivity (Wildman–Crippen MR) is 134 cm³/mol. The summed E-state index contributed by atoms with van der Waals surface area (Å²) in [4.78, 5) is 20.8. The molecule has 0 saturated carbocycles. The first kappa shape index (κ1) is 24.9. The zero-order valence-electron chi connectivity index (χ0n) is 18.5. The molecular weight excluding hydrogens is 489 g/mol. The molecule has 2 fully saturated rings. The molecule has 2 saturated heterocycles. The van der Waals surface area contributed by atoms with E-state index in [1.165, 1.54) is 56.4 Å². The predicted octanol–water partition coefficient (Wildman–Crippen LogP) is 3.36. The van der Waals surface area contributed by atoms with Crippen LogP contribution in [0.1, 0.15) is 56.6 Å². The molecule has 2 aliphatic heterocycles. The van der Waals surface area contributed by atoms with Crippen LogP contribution in [0.5, 0.6) is 0 Å². The van der Waals surface area contributed by atoms with E-state index in [2.05, 4.69) is 51.7 Å². The Hall–Kier alpha value is -1.35. The minimum atomic E-state index is 0. The van der Waals surface area contributed by atoms with Gasteiger partial charge >= 0.3 is 0 Å². The van der Waals surface area contributed by atoms with Crippen LogP contribution in [0.3, 0.4) is 0 Å². The number of nitrogens with one attached hydrogen (secondary N) is 2. The molecule has 1 amide bonds. The number of carbonyl (C=O) groups is 1. The fraction of sp³-hybridized carbons (Fsp3) is 0.652. The van der Waals surface area contributed by atoms with Crippen LogP contribution in [0.15, 0.2) is 29.3 Å². The van der Waals surface area contributed by atoms with Gasteiger partial charge in [0, 0.05) is 52.2 Å². The van der Waals surface area contributed by atoms with Crippen molar-refractivity contribution in [1.29, 1.82) is 0 Å². The summed E-state index contributed by atoms with van der Waals surface area (Å²) >= 11 is 0. The lowest BCUT2D eigenvalue weighted by Gasteiger charge is -2.33. The number of hydrogen-bond donors (Lipinski definition) is 2. The molecule has 0 aromatic heterocycles. The maximum Gasteiger partial charge on any atom is 0.222 e. The lowest BCUT2D eigenvalue weighted by molar-refractivity contribution is -0.128. The lowest BCUT2D eigenvalue weighted by atomic mass is 10.0. The highest BCUT2D eigenvalue weighted by molar-refractivity contribution is 14.0. The topological polar surface area (TPSA) is 60.0 Å². The van der Waals surface area contributed by atoms with Crippen molar-refractivity contribution in [3.63, 3.8) is 0 Å². The molecule has 0 radical (unpaired) electrons. The molecular formula is C23H38IN5O. The quantitative estimate of drug-likeness (QED) is 0.309. The zero-order valence-corrected chi connectivity index (χ0v) is 20.9. The Morgan fingerprint density at radius 3 is 2.63 bits per heavy atom. The molecule has 2 heterocycles. The lowest BCUT2D eigenvalue weighted by Crippen LogP contribution is -2.48. The number of amides is 1. The first-order valence-corrected chi connectivity index (χ1v) is 11.2. The maximum atomic E-state index is 11.9. The second kappa shape index (κ2) is 13.1. The molecule has 0 aliphatic carbocycles. The number of unbranched alkanes of at least 4 members (excludes halogenated alkanes) is 1. The van der Waals surface area contributed by atoms with Crippen molar-refractivity contribution < 1.29 is 4.79 Å². The molecule has 2 N–H and O–H groups in total. The summed E-state index contributed by atoms with van der Waals surface area (Å²) in [6, 6.07) is 9.00. The Balaban J connectivity index is 0.00000320. The van der Waals surface area contributed by atoms with E-state index in [1.807, 2.05) is 11.9 Å². The summed E-state index contributed by atoms with van der Waals surface area (Å²) in [5.74, 6) is 1.15. The Labute approximate surface area is 198 Å². The third-order valence-electron chi connectivity index (χ3n) is 5.98. The Morgan fingerprint density at radius 1 is 1.20 bits per heavy atom. The van der Waals surface area contributed by atoms with Gasteiger partial charge in [0.2, 0.25) is 5.91 Å². The summed E-state index contributed by atoms with van der Waals surface area (Å²) in [7, 11) is 1.83. The summed E-state index contributed by atoms with van der Waals surface area (Å²) in [5.41, 5.74) is 2.41. The number of likely N-dealkylation sites (tertiary alicyclic amines) is 2. The molecule has 168 valence electrons. The summed E-state index contributed by atoms with van der Waals surface area (Å²) in [6.07, 6.45) is 6.59. The van der Waals surface area contributed by atoms with Gasteiger partial charge in [0.05, 0.1) is 0 Å². The zero-order chi connectivity index (χ0) is 20.5. The molecule has 6 nitrogen and oxygen atoms in total. The third-order valence-corrected chi connectivity index (χ3v) is 5.98. The fourth-order valence-electron chi connectivity index (χ4n) is 4.19. The largest absolute Gasteiger partial charge is 0.354 e. The summed E-state index contributed by atoms with van der Waals surface area (Å²) in [5, 5.41) is 7.04. The average Bonchev–Trinajstić information content (AvgIpc) is 3.15. The highest BCUT2D eigenvalue weighted by Crippen LogP contribution is 2.15. The molecule has 0 atom stereocenters. The number of piperidine rings is 1. The smallest absolute Gasteiger partial charge is 0.222 e. The van der Waals surface area contributed by atoms with Gasteiger partial charge in [0.1, 0.15) is 0 Å². The van der Waals surface area contributed by atoms with E-state index in [9.17, 15) is 4.79 Å². The van der Waals surface area contributed by atoms with Crippen LogP contribution in [0.4, 0.5) is 0 Å². The second-order valence-electron chi connectivity index (χ2n) is 8.28. The molecule has 0 bridgehead atoms. The van der Waals surface area contributed by atoms with Crippen LogP contribution in [0, 0.1) is 0 Å². The average molecular weight is 527 g/mol. The van der Waals surface area contributed by atoms with Crippen LogP contribution >= 0.6 is 24.0 Å². The minimum absolute atomic E-state index is 0. The maximum absolute atomic E-state index is 11.9. The van der Waals surface area contributed by atoms with Gasteiger partial charge in [0.15, 0.2) is 5.96 Å². The number of hydrogen-bond acceptors (Lipinski definition) is 3. The van der Waals surface area contributed by atoms with Gasteiger partial charge < -0.3 is 20.4 Å². The fourth-order valence-corrected chi connectivity index (χ4v) is 4.19. The molecule has 0 unspecified atom stereocenters. The van der Waals surface area contributed by atoms with Crippen molar-refractivity contribution in [2.45, 2.75) is 64.6 Å². The normalized spacial score (nSPS) is 18.4. The van der Waals surface area contributed by atoms with E-state index in [1.54, 1.807) is 0 Å². The number of carbonyl (C=O) groups excluding carboxylic acids is 1. The van der Waals surface area contributed by atoms with Crippen molar-refractivity contribution >= 4 is 35.8 Å². The van der Waals surface area contributed by atoms with E-state index >= 15 is 0 Å². The van der Waals surface area contributed by atoms with E-state index < -0.39 is 0 Å². The standard InChI is InChI=1S/C23H37N5O.HI/c1-3-4-12-27-14-10-21(11-15-27)26-23(24-2)25-17-19-7-5-8-20(16-19)18-28-13-6-9-22(28)29;/h5,7-8,16,21H,3-4,6,9-15,17-18H2,1-2H3,(H2,24,25,26);1H. The minimum Gasteiger partial charge on any atom is -0.354 e. The molecule has 0 spiro atoms. The van der Waals surface area contributed by atoms with Crippen LogP contribution in [-0.4, -0.2) is 60.9 Å². The molecule has 1 aromatic carbocycles. The molecule has 30 heavy (non-hydrogen) atoms. The van der Waals surface area contributed by atoms with Crippen molar-refractivity contribution in [2.24, 2.45) is 4.99 Å². The van der Waals surface area contributed by atoms with Crippen LogP contribution < -0.4 is 10.6 Å². The first-order valence-electron chi connectivity index (χ1n) is 11.2. The second-order valence-corrected chi connectivity index (χ2v) is 8.28.